The third-order valence-electron chi connectivity index (χ3n) is 4.57. The number of nitrogens with one attached hydrogen (secondary N) is 1. The van der Waals surface area contributed by atoms with Crippen molar-refractivity contribution in [2.45, 2.75) is 38.8 Å². The summed E-state index contributed by atoms with van der Waals surface area (Å²) in [5.74, 6) is 1.15. The van der Waals surface area contributed by atoms with Gasteiger partial charge in [0.25, 0.3) is 0 Å². The highest BCUT2D eigenvalue weighted by molar-refractivity contribution is 5.85. The van der Waals surface area contributed by atoms with Gasteiger partial charge in [0.05, 0.1) is 5.69 Å². The Morgan fingerprint density at radius 1 is 1.11 bits per heavy atom. The number of nitrogens with zero attached hydrogens (tertiary/aromatic N) is 2. The predicted molar refractivity (Wildman–Crippen MR) is 109 cm³/mol. The summed E-state index contributed by atoms with van der Waals surface area (Å²) in [6.45, 7) is 3.73. The predicted octanol–water partition coefficient (Wildman–Crippen LogP) is 3.57. The smallest absolute Gasteiger partial charge is 0.222 e. The van der Waals surface area contributed by atoms with E-state index in [1.165, 1.54) is 12.0 Å². The van der Waals surface area contributed by atoms with Crippen molar-refractivity contribution in [3.8, 4) is 5.75 Å². The zero-order valence-electron chi connectivity index (χ0n) is 15.6. The van der Waals surface area contributed by atoms with E-state index in [0.29, 0.717) is 18.9 Å². The first-order chi connectivity index (χ1) is 12.8. The Hall–Kier alpha value is -2.11. The van der Waals surface area contributed by atoms with Gasteiger partial charge in [0, 0.05) is 38.8 Å². The molecule has 5 nitrogen and oxygen atoms in total. The summed E-state index contributed by atoms with van der Waals surface area (Å²) >= 11 is 0. The van der Waals surface area contributed by atoms with Crippen LogP contribution >= 0.6 is 12.4 Å². The van der Waals surface area contributed by atoms with Crippen molar-refractivity contribution < 1.29 is 9.53 Å². The molecule has 1 aliphatic rings. The topological polar surface area (TPSA) is 54.5 Å². The van der Waals surface area contributed by atoms with Crippen LogP contribution in [-0.2, 0) is 17.9 Å². The van der Waals surface area contributed by atoms with Gasteiger partial charge in [-0.3, -0.25) is 9.78 Å². The number of pyridine rings is 1. The third-order valence-corrected chi connectivity index (χ3v) is 4.57. The monoisotopic (exact) mass is 389 g/mol. The molecule has 1 amide bonds. The largest absolute Gasteiger partial charge is 0.487 e. The molecule has 0 saturated carbocycles. The quantitative estimate of drug-likeness (QED) is 0.701. The molecule has 146 valence electrons. The first-order valence-corrected chi connectivity index (χ1v) is 9.41. The number of carbonyl (C=O) groups excluding carboxylic acids is 1. The van der Waals surface area contributed by atoms with E-state index in [1.54, 1.807) is 6.20 Å². The molecule has 6 heteroatoms. The summed E-state index contributed by atoms with van der Waals surface area (Å²) in [6.07, 6.45) is 5.81. The van der Waals surface area contributed by atoms with Gasteiger partial charge >= 0.3 is 0 Å². The lowest BCUT2D eigenvalue weighted by atomic mass is 10.2. The molecule has 0 spiro atoms. The molecule has 3 rings (SSSR count). The van der Waals surface area contributed by atoms with Crippen molar-refractivity contribution in [2.75, 3.05) is 19.6 Å². The SMILES string of the molecule is Cl.O=C1CCCCCN1CCNCc1cccc(OCc2ccccn2)c1. The van der Waals surface area contributed by atoms with Crippen LogP contribution in [0.3, 0.4) is 0 Å². The van der Waals surface area contributed by atoms with E-state index in [1.807, 2.05) is 41.3 Å². The summed E-state index contributed by atoms with van der Waals surface area (Å²) in [5, 5.41) is 3.43. The van der Waals surface area contributed by atoms with E-state index >= 15 is 0 Å². The molecule has 1 aromatic heterocycles. The summed E-state index contributed by atoms with van der Waals surface area (Å²) in [5.41, 5.74) is 2.09. The van der Waals surface area contributed by atoms with E-state index in [0.717, 1.165) is 50.5 Å². The van der Waals surface area contributed by atoms with E-state index < -0.39 is 0 Å². The average molecular weight is 390 g/mol. The second kappa shape index (κ2) is 11.6. The fraction of sp³-hybridized carbons (Fsp3) is 0.429. The lowest BCUT2D eigenvalue weighted by molar-refractivity contribution is -0.130. The van der Waals surface area contributed by atoms with Gasteiger partial charge in [0.1, 0.15) is 12.4 Å². The van der Waals surface area contributed by atoms with Crippen molar-refractivity contribution in [1.82, 2.24) is 15.2 Å². The second-order valence-electron chi connectivity index (χ2n) is 6.63. The maximum atomic E-state index is 12.0. The molecule has 0 atom stereocenters. The molecule has 0 aliphatic carbocycles. The summed E-state index contributed by atoms with van der Waals surface area (Å²) < 4.78 is 5.82. The van der Waals surface area contributed by atoms with Crippen molar-refractivity contribution in [3.05, 3.63) is 59.9 Å². The molecule has 2 heterocycles. The molecule has 27 heavy (non-hydrogen) atoms. The van der Waals surface area contributed by atoms with Crippen LogP contribution < -0.4 is 10.1 Å². The molecule has 1 aromatic carbocycles. The number of halogens is 1. The maximum absolute atomic E-state index is 12.0. The van der Waals surface area contributed by atoms with Crippen molar-refractivity contribution >= 4 is 18.3 Å². The number of amides is 1. The van der Waals surface area contributed by atoms with Crippen LogP contribution in [0.15, 0.2) is 48.7 Å². The normalized spacial score (nSPS) is 14.4. The van der Waals surface area contributed by atoms with Crippen molar-refractivity contribution in [1.29, 1.82) is 0 Å². The van der Waals surface area contributed by atoms with Gasteiger partial charge in [0.15, 0.2) is 0 Å². The molecular formula is C21H28ClN3O2. The number of hydrogen-bond donors (Lipinski definition) is 1. The van der Waals surface area contributed by atoms with Crippen molar-refractivity contribution in [2.24, 2.45) is 0 Å². The first kappa shape index (κ1) is 21.2. The molecule has 0 unspecified atom stereocenters. The number of carbonyl (C=O) groups is 1. The molecule has 1 N–H and O–H groups in total. The van der Waals surface area contributed by atoms with Crippen LogP contribution in [-0.4, -0.2) is 35.4 Å². The van der Waals surface area contributed by atoms with Gasteiger partial charge < -0.3 is 15.0 Å². The Kier molecular flexibility index (Phi) is 9.08. The number of likely N-dealkylation sites (tertiary alicyclic amines) is 1. The van der Waals surface area contributed by atoms with Gasteiger partial charge in [-0.25, -0.2) is 0 Å². The lowest BCUT2D eigenvalue weighted by Crippen LogP contribution is -2.36. The van der Waals surface area contributed by atoms with Crippen LogP contribution in [0.25, 0.3) is 0 Å². The molecule has 2 aromatic rings. The molecular weight excluding hydrogens is 362 g/mol. The minimum absolute atomic E-state index is 0. The minimum atomic E-state index is 0. The Labute approximate surface area is 167 Å². The van der Waals surface area contributed by atoms with Crippen LogP contribution in [0.4, 0.5) is 0 Å². The molecule has 1 aliphatic heterocycles. The zero-order chi connectivity index (χ0) is 18.0. The van der Waals surface area contributed by atoms with E-state index in [2.05, 4.69) is 16.4 Å². The Morgan fingerprint density at radius 2 is 2.04 bits per heavy atom. The van der Waals surface area contributed by atoms with E-state index in [4.69, 9.17) is 4.74 Å². The Bertz CT molecular complexity index is 697. The van der Waals surface area contributed by atoms with Crippen LogP contribution in [0.2, 0.25) is 0 Å². The number of benzene rings is 1. The van der Waals surface area contributed by atoms with Gasteiger partial charge in [-0.15, -0.1) is 12.4 Å². The summed E-state index contributed by atoms with van der Waals surface area (Å²) in [4.78, 5) is 18.2. The van der Waals surface area contributed by atoms with Crippen molar-refractivity contribution in [3.63, 3.8) is 0 Å². The fourth-order valence-electron chi connectivity index (χ4n) is 3.11. The summed E-state index contributed by atoms with van der Waals surface area (Å²) in [6, 6.07) is 13.9. The van der Waals surface area contributed by atoms with Crippen LogP contribution in [0.1, 0.15) is 36.9 Å². The van der Waals surface area contributed by atoms with Gasteiger partial charge in [-0.1, -0.05) is 24.6 Å². The fourth-order valence-corrected chi connectivity index (χ4v) is 3.11. The second-order valence-corrected chi connectivity index (χ2v) is 6.63. The molecule has 0 bridgehead atoms. The number of ether oxygens (including phenoxy) is 1. The third kappa shape index (κ3) is 7.19. The molecule has 1 fully saturated rings. The minimum Gasteiger partial charge on any atom is -0.487 e. The Morgan fingerprint density at radius 3 is 2.89 bits per heavy atom. The number of rotatable bonds is 8. The number of hydrogen-bond acceptors (Lipinski definition) is 4. The average Bonchev–Trinajstić information content (AvgIpc) is 2.89. The standard InChI is InChI=1S/C21H27N3O2.ClH/c25-21-10-2-1-5-13-24(21)14-12-22-16-18-7-6-9-20(15-18)26-17-19-8-3-4-11-23-19;/h3-4,6-9,11,15,22H,1-2,5,10,12-14,16-17H2;1H. The number of aromatic nitrogens is 1. The van der Waals surface area contributed by atoms with E-state index in [9.17, 15) is 4.79 Å². The molecule has 1 saturated heterocycles. The van der Waals surface area contributed by atoms with Crippen LogP contribution in [0.5, 0.6) is 5.75 Å². The lowest BCUT2D eigenvalue weighted by Gasteiger charge is -2.20. The highest BCUT2D eigenvalue weighted by atomic mass is 35.5. The van der Waals surface area contributed by atoms with Crippen LogP contribution in [0, 0.1) is 0 Å². The highest BCUT2D eigenvalue weighted by Crippen LogP contribution is 2.15. The first-order valence-electron chi connectivity index (χ1n) is 9.41. The summed E-state index contributed by atoms with van der Waals surface area (Å²) in [7, 11) is 0. The maximum Gasteiger partial charge on any atom is 0.222 e. The van der Waals surface area contributed by atoms with E-state index in [-0.39, 0.29) is 12.4 Å². The molecule has 0 radical (unpaired) electrons. The highest BCUT2D eigenvalue weighted by Gasteiger charge is 2.15. The van der Waals surface area contributed by atoms with Gasteiger partial charge in [-0.05, 0) is 42.7 Å². The van der Waals surface area contributed by atoms with Gasteiger partial charge in [-0.2, -0.15) is 0 Å². The zero-order valence-corrected chi connectivity index (χ0v) is 16.4. The van der Waals surface area contributed by atoms with Gasteiger partial charge in [0.2, 0.25) is 5.91 Å². The Balaban J connectivity index is 0.00000261.